The lowest BCUT2D eigenvalue weighted by Crippen LogP contribution is -2.31. The number of aliphatic hydroxyl groups excluding tert-OH is 1. The fourth-order valence-electron chi connectivity index (χ4n) is 1.77. The van der Waals surface area contributed by atoms with Gasteiger partial charge in [0.15, 0.2) is 9.84 Å². The van der Waals surface area contributed by atoms with E-state index in [1.807, 2.05) is 0 Å². The Hall–Kier alpha value is -1.64. The van der Waals surface area contributed by atoms with Gasteiger partial charge in [0.25, 0.3) is 5.91 Å². The predicted octanol–water partition coefficient (Wildman–Crippen LogP) is 0.888. The van der Waals surface area contributed by atoms with Crippen LogP contribution in [0.4, 0.5) is 0 Å². The average molecular weight is 364 g/mol. The molecule has 0 aliphatic carbocycles. The maximum absolute atomic E-state index is 12.3. The molecular weight excluding hydrogens is 346 g/mol. The topological polar surface area (TPSA) is 110 Å². The molecule has 1 aromatic rings. The average Bonchev–Trinajstić information content (AvgIpc) is 2.50. The van der Waals surface area contributed by atoms with Gasteiger partial charge in [-0.1, -0.05) is 18.5 Å². The van der Waals surface area contributed by atoms with E-state index in [0.29, 0.717) is 0 Å². The summed E-state index contributed by atoms with van der Waals surface area (Å²) in [6.07, 6.45) is 0.934. The van der Waals surface area contributed by atoms with Crippen molar-refractivity contribution in [2.45, 2.75) is 11.8 Å². The molecule has 0 radical (unpaired) electrons. The molecule has 2 N–H and O–H groups in total. The highest BCUT2D eigenvalue weighted by Gasteiger charge is 2.26. The second kappa shape index (κ2) is 7.76. The number of hydrogen-bond donors (Lipinski definition) is 2. The van der Waals surface area contributed by atoms with Crippen LogP contribution in [0, 0.1) is 5.92 Å². The summed E-state index contributed by atoms with van der Waals surface area (Å²) >= 11 is 6.06. The van der Waals surface area contributed by atoms with Gasteiger partial charge in [0.05, 0.1) is 28.2 Å². The first-order chi connectivity index (χ1) is 10.6. The zero-order valence-electron chi connectivity index (χ0n) is 12.9. The van der Waals surface area contributed by atoms with Crippen LogP contribution in [0.15, 0.2) is 17.0 Å². The molecular formula is C14H18ClNO6S. The number of carbonyl (C=O) groups excluding carboxylic acids is 2. The molecule has 1 rings (SSSR count). The zero-order chi connectivity index (χ0) is 17.8. The van der Waals surface area contributed by atoms with Crippen LogP contribution >= 0.6 is 11.6 Å². The molecule has 0 saturated carbocycles. The molecule has 1 amide bonds. The Balaban J connectivity index is 3.40. The van der Waals surface area contributed by atoms with E-state index in [9.17, 15) is 18.0 Å². The highest BCUT2D eigenvalue weighted by molar-refractivity contribution is 7.90. The molecule has 0 heterocycles. The van der Waals surface area contributed by atoms with Gasteiger partial charge in [-0.3, -0.25) is 4.79 Å². The Labute approximate surface area is 139 Å². The highest BCUT2D eigenvalue weighted by atomic mass is 35.5. The molecule has 0 aromatic heterocycles. The molecule has 7 nitrogen and oxygen atoms in total. The quantitative estimate of drug-likeness (QED) is 0.726. The number of hydrogen-bond acceptors (Lipinski definition) is 6. The van der Waals surface area contributed by atoms with Crippen LogP contribution in [0.25, 0.3) is 0 Å². The molecule has 128 valence electrons. The number of rotatable bonds is 6. The van der Waals surface area contributed by atoms with Gasteiger partial charge in [-0.25, -0.2) is 13.2 Å². The minimum atomic E-state index is -3.74. The van der Waals surface area contributed by atoms with E-state index >= 15 is 0 Å². The van der Waals surface area contributed by atoms with Crippen molar-refractivity contribution in [3.63, 3.8) is 0 Å². The second-order valence-corrected chi connectivity index (χ2v) is 7.42. The Morgan fingerprint density at radius 1 is 1.39 bits per heavy atom. The van der Waals surface area contributed by atoms with Gasteiger partial charge in [0, 0.05) is 19.4 Å². The molecule has 0 saturated heterocycles. The van der Waals surface area contributed by atoms with Crippen LogP contribution in [-0.4, -0.2) is 51.9 Å². The lowest BCUT2D eigenvalue weighted by atomic mass is 10.1. The third kappa shape index (κ3) is 4.66. The smallest absolute Gasteiger partial charge is 0.339 e. The van der Waals surface area contributed by atoms with Crippen molar-refractivity contribution in [3.8, 4) is 0 Å². The lowest BCUT2D eigenvalue weighted by molar-refractivity contribution is 0.0601. The zero-order valence-corrected chi connectivity index (χ0v) is 14.5. The largest absolute Gasteiger partial charge is 0.465 e. The lowest BCUT2D eigenvalue weighted by Gasteiger charge is -2.14. The monoisotopic (exact) mass is 363 g/mol. The molecule has 0 bridgehead atoms. The van der Waals surface area contributed by atoms with Gasteiger partial charge < -0.3 is 15.2 Å². The Morgan fingerprint density at radius 3 is 2.48 bits per heavy atom. The highest BCUT2D eigenvalue weighted by Crippen LogP contribution is 2.28. The van der Waals surface area contributed by atoms with E-state index < -0.39 is 21.7 Å². The fraction of sp³-hybridized carbons (Fsp3) is 0.429. The number of aliphatic hydroxyl groups is 1. The van der Waals surface area contributed by atoms with Crippen molar-refractivity contribution in [3.05, 3.63) is 28.3 Å². The molecule has 1 aromatic carbocycles. The van der Waals surface area contributed by atoms with E-state index in [4.69, 9.17) is 16.7 Å². The van der Waals surface area contributed by atoms with Gasteiger partial charge in [-0.05, 0) is 18.1 Å². The van der Waals surface area contributed by atoms with Crippen molar-refractivity contribution in [1.29, 1.82) is 0 Å². The maximum atomic E-state index is 12.3. The second-order valence-electron chi connectivity index (χ2n) is 5.06. The molecule has 0 aliphatic heterocycles. The Bertz CT molecular complexity index is 716. The van der Waals surface area contributed by atoms with Gasteiger partial charge in [-0.15, -0.1) is 0 Å². The number of sulfone groups is 1. The number of carbonyl (C=O) groups is 2. The summed E-state index contributed by atoms with van der Waals surface area (Å²) in [6, 6.07) is 2.33. The summed E-state index contributed by atoms with van der Waals surface area (Å²) in [5.41, 5.74) is -0.427. The molecule has 0 spiro atoms. The minimum Gasteiger partial charge on any atom is -0.465 e. The fourth-order valence-corrected chi connectivity index (χ4v) is 3.03. The summed E-state index contributed by atoms with van der Waals surface area (Å²) in [6.45, 7) is 1.68. The number of amides is 1. The number of halogens is 1. The molecule has 1 unspecified atom stereocenters. The molecule has 23 heavy (non-hydrogen) atoms. The van der Waals surface area contributed by atoms with E-state index in [1.165, 1.54) is 6.07 Å². The SMILES string of the molecule is COC(=O)c1ccc(S(C)(=O)=O)c(C(=O)NCC(C)CO)c1Cl. The summed E-state index contributed by atoms with van der Waals surface area (Å²) in [4.78, 5) is 23.7. The Kier molecular flexibility index (Phi) is 6.55. The number of nitrogens with one attached hydrogen (secondary N) is 1. The number of methoxy groups -OCH3 is 1. The standard InChI is InChI=1S/C14H18ClNO6S/c1-8(7-17)6-16-13(18)11-10(23(3,20)21)5-4-9(12(11)15)14(19)22-2/h4-5,8,17H,6-7H2,1-3H3,(H,16,18). The van der Waals surface area contributed by atoms with E-state index in [1.54, 1.807) is 6.92 Å². The van der Waals surface area contributed by atoms with Crippen LogP contribution < -0.4 is 5.32 Å². The van der Waals surface area contributed by atoms with Crippen LogP contribution in [0.5, 0.6) is 0 Å². The van der Waals surface area contributed by atoms with E-state index in [0.717, 1.165) is 19.4 Å². The van der Waals surface area contributed by atoms with Crippen molar-refractivity contribution in [2.24, 2.45) is 5.92 Å². The third-order valence-electron chi connectivity index (χ3n) is 3.06. The van der Waals surface area contributed by atoms with Crippen LogP contribution in [0.1, 0.15) is 27.6 Å². The molecule has 0 aliphatic rings. The first-order valence-corrected chi connectivity index (χ1v) is 8.90. The third-order valence-corrected chi connectivity index (χ3v) is 4.59. The molecule has 9 heteroatoms. The maximum Gasteiger partial charge on any atom is 0.339 e. The summed E-state index contributed by atoms with van der Waals surface area (Å²) in [5.74, 6) is -1.75. The van der Waals surface area contributed by atoms with Crippen LogP contribution in [0.2, 0.25) is 5.02 Å². The van der Waals surface area contributed by atoms with Crippen molar-refractivity contribution < 1.29 is 27.9 Å². The normalized spacial score (nSPS) is 12.6. The van der Waals surface area contributed by atoms with E-state index in [-0.39, 0.29) is 40.1 Å². The first kappa shape index (κ1) is 19.4. The van der Waals surface area contributed by atoms with Crippen molar-refractivity contribution in [1.82, 2.24) is 5.32 Å². The number of esters is 1. The number of ether oxygens (including phenoxy) is 1. The van der Waals surface area contributed by atoms with Crippen LogP contribution in [0.3, 0.4) is 0 Å². The van der Waals surface area contributed by atoms with Gasteiger partial charge in [0.1, 0.15) is 0 Å². The molecule has 0 fully saturated rings. The van der Waals surface area contributed by atoms with Crippen LogP contribution in [-0.2, 0) is 14.6 Å². The van der Waals surface area contributed by atoms with Crippen molar-refractivity contribution in [2.75, 3.05) is 26.5 Å². The molecule has 1 atom stereocenters. The summed E-state index contributed by atoms with van der Waals surface area (Å²) in [7, 11) is -2.60. The first-order valence-electron chi connectivity index (χ1n) is 6.63. The Morgan fingerprint density at radius 2 is 2.00 bits per heavy atom. The van der Waals surface area contributed by atoms with E-state index in [2.05, 4.69) is 10.1 Å². The van der Waals surface area contributed by atoms with Gasteiger partial charge in [0.2, 0.25) is 0 Å². The van der Waals surface area contributed by atoms with Gasteiger partial charge in [-0.2, -0.15) is 0 Å². The van der Waals surface area contributed by atoms with Crippen molar-refractivity contribution >= 4 is 33.3 Å². The van der Waals surface area contributed by atoms with Gasteiger partial charge >= 0.3 is 5.97 Å². The number of benzene rings is 1. The minimum absolute atomic E-state index is 0.109. The summed E-state index contributed by atoms with van der Waals surface area (Å²) < 4.78 is 28.3. The summed E-state index contributed by atoms with van der Waals surface area (Å²) in [5, 5.41) is 11.2. The predicted molar refractivity (Wildman–Crippen MR) is 84.5 cm³/mol.